The Balaban J connectivity index is 2.35. The number of nitrogen functional groups attached to an aromatic ring is 1. The molecule has 0 radical (unpaired) electrons. The van der Waals surface area contributed by atoms with Crippen LogP contribution in [0.2, 0.25) is 0 Å². The molecule has 116 valence electrons. The topological polar surface area (TPSA) is 115 Å². The van der Waals surface area contributed by atoms with E-state index in [1.807, 2.05) is 0 Å². The van der Waals surface area contributed by atoms with Crippen molar-refractivity contribution in [2.75, 3.05) is 5.73 Å². The Morgan fingerprint density at radius 2 is 1.86 bits per heavy atom. The Labute approximate surface area is 118 Å². The van der Waals surface area contributed by atoms with Crippen molar-refractivity contribution in [3.63, 3.8) is 0 Å². The van der Waals surface area contributed by atoms with E-state index >= 15 is 0 Å². The van der Waals surface area contributed by atoms with Crippen molar-refractivity contribution in [1.29, 1.82) is 0 Å². The molecule has 1 fully saturated rings. The van der Waals surface area contributed by atoms with Crippen LogP contribution in [0.4, 0.5) is 18.9 Å². The van der Waals surface area contributed by atoms with Crippen molar-refractivity contribution >= 4 is 21.6 Å². The van der Waals surface area contributed by atoms with E-state index in [0.717, 1.165) is 18.2 Å². The van der Waals surface area contributed by atoms with Crippen molar-refractivity contribution in [2.24, 2.45) is 5.73 Å². The molecular weight excluding hydrogens is 311 g/mol. The summed E-state index contributed by atoms with van der Waals surface area (Å²) in [4.78, 5) is 10.4. The molecule has 1 aliphatic carbocycles. The summed E-state index contributed by atoms with van der Waals surface area (Å²) in [6.07, 6.45) is -5.33. The molecule has 0 heterocycles. The third kappa shape index (κ3) is 2.81. The van der Waals surface area contributed by atoms with Gasteiger partial charge in [-0.25, -0.2) is 8.42 Å². The van der Waals surface area contributed by atoms with Crippen LogP contribution in [0, 0.1) is 0 Å². The number of hydrogen-bond acceptors (Lipinski definition) is 4. The molecule has 0 aliphatic heterocycles. The van der Waals surface area contributed by atoms with E-state index < -0.39 is 32.5 Å². The van der Waals surface area contributed by atoms with Gasteiger partial charge in [0.25, 0.3) is 0 Å². The molecule has 6 nitrogen and oxygen atoms in total. The Hall–Kier alpha value is -1.81. The standard InChI is InChI=1S/C11H12F3N3O3S/c12-11(13,14)10(3-4-10)17-21(19,20)8-2-1-6(9(16)18)5-7(8)15/h1-2,5,17H,3-4,15H2,(H2,16,18). The molecular formula is C11H12F3N3O3S. The molecule has 0 saturated heterocycles. The molecule has 2 rings (SSSR count). The first-order valence-electron chi connectivity index (χ1n) is 5.79. The van der Waals surface area contributed by atoms with Gasteiger partial charge in [-0.2, -0.15) is 17.9 Å². The highest BCUT2D eigenvalue weighted by molar-refractivity contribution is 7.89. The molecule has 0 aromatic heterocycles. The van der Waals surface area contributed by atoms with Gasteiger partial charge < -0.3 is 11.5 Å². The summed E-state index contributed by atoms with van der Waals surface area (Å²) in [5, 5.41) is 0. The number of carbonyl (C=O) groups is 1. The van der Waals surface area contributed by atoms with Crippen molar-refractivity contribution in [3.8, 4) is 0 Å². The van der Waals surface area contributed by atoms with Gasteiger partial charge in [-0.3, -0.25) is 4.79 Å². The van der Waals surface area contributed by atoms with Gasteiger partial charge in [0, 0.05) is 5.56 Å². The predicted molar refractivity (Wildman–Crippen MR) is 67.7 cm³/mol. The van der Waals surface area contributed by atoms with E-state index in [-0.39, 0.29) is 24.1 Å². The van der Waals surface area contributed by atoms with Crippen molar-refractivity contribution in [2.45, 2.75) is 29.5 Å². The Kier molecular flexibility index (Phi) is 3.41. The molecule has 0 atom stereocenters. The molecule has 0 spiro atoms. The van der Waals surface area contributed by atoms with Crippen LogP contribution in [-0.2, 0) is 10.0 Å². The number of halogens is 3. The lowest BCUT2D eigenvalue weighted by molar-refractivity contribution is -0.160. The summed E-state index contributed by atoms with van der Waals surface area (Å²) in [6, 6.07) is 3.04. The highest BCUT2D eigenvalue weighted by Gasteiger charge is 2.65. The van der Waals surface area contributed by atoms with Gasteiger partial charge >= 0.3 is 6.18 Å². The fourth-order valence-electron chi connectivity index (χ4n) is 1.83. The summed E-state index contributed by atoms with van der Waals surface area (Å²) in [6.45, 7) is 0. The van der Waals surface area contributed by atoms with E-state index in [9.17, 15) is 26.4 Å². The second-order valence-electron chi connectivity index (χ2n) is 4.80. The summed E-state index contributed by atoms with van der Waals surface area (Å²) < 4.78 is 64.1. The number of primary amides is 1. The zero-order chi connectivity index (χ0) is 16.1. The number of sulfonamides is 1. The van der Waals surface area contributed by atoms with E-state index in [1.54, 1.807) is 4.72 Å². The zero-order valence-electron chi connectivity index (χ0n) is 10.6. The smallest absolute Gasteiger partial charge is 0.398 e. The fraction of sp³-hybridized carbons (Fsp3) is 0.364. The van der Waals surface area contributed by atoms with Crippen molar-refractivity contribution < 1.29 is 26.4 Å². The van der Waals surface area contributed by atoms with Gasteiger partial charge in [-0.05, 0) is 31.0 Å². The number of anilines is 1. The Morgan fingerprint density at radius 3 is 2.24 bits per heavy atom. The molecule has 1 aromatic carbocycles. The van der Waals surface area contributed by atoms with Crippen LogP contribution in [0.1, 0.15) is 23.2 Å². The largest absolute Gasteiger partial charge is 0.407 e. The van der Waals surface area contributed by atoms with Gasteiger partial charge in [0.2, 0.25) is 15.9 Å². The number of benzene rings is 1. The van der Waals surface area contributed by atoms with Crippen LogP contribution in [0.3, 0.4) is 0 Å². The van der Waals surface area contributed by atoms with Crippen LogP contribution in [0.25, 0.3) is 0 Å². The lowest BCUT2D eigenvalue weighted by Gasteiger charge is -2.21. The minimum absolute atomic E-state index is 0.0385. The molecule has 0 unspecified atom stereocenters. The fourth-order valence-corrected chi connectivity index (χ4v) is 3.39. The minimum Gasteiger partial charge on any atom is -0.398 e. The number of amides is 1. The summed E-state index contributed by atoms with van der Waals surface area (Å²) in [5.41, 5.74) is 7.67. The summed E-state index contributed by atoms with van der Waals surface area (Å²) >= 11 is 0. The third-order valence-corrected chi connectivity index (χ3v) is 4.82. The van der Waals surface area contributed by atoms with E-state index in [4.69, 9.17) is 11.5 Å². The molecule has 1 saturated carbocycles. The number of alkyl halides is 3. The summed E-state index contributed by atoms with van der Waals surface area (Å²) in [7, 11) is -4.46. The highest BCUT2D eigenvalue weighted by Crippen LogP contribution is 2.49. The molecule has 5 N–H and O–H groups in total. The minimum atomic E-state index is -4.68. The first-order valence-corrected chi connectivity index (χ1v) is 7.27. The molecule has 10 heteroatoms. The van der Waals surface area contributed by atoms with Crippen molar-refractivity contribution in [3.05, 3.63) is 23.8 Å². The van der Waals surface area contributed by atoms with E-state index in [0.29, 0.717) is 0 Å². The normalized spacial score (nSPS) is 17.5. The number of nitrogens with two attached hydrogens (primary N) is 2. The van der Waals surface area contributed by atoms with Gasteiger partial charge in [0.1, 0.15) is 10.4 Å². The second-order valence-corrected chi connectivity index (χ2v) is 6.45. The molecule has 21 heavy (non-hydrogen) atoms. The molecule has 1 aliphatic rings. The van der Waals surface area contributed by atoms with E-state index in [2.05, 4.69) is 0 Å². The van der Waals surface area contributed by atoms with Crippen LogP contribution >= 0.6 is 0 Å². The maximum Gasteiger partial charge on any atom is 0.407 e. The monoisotopic (exact) mass is 323 g/mol. The first kappa shape index (κ1) is 15.6. The summed E-state index contributed by atoms with van der Waals surface area (Å²) in [5.74, 6) is -0.826. The zero-order valence-corrected chi connectivity index (χ0v) is 11.4. The molecule has 1 amide bonds. The van der Waals surface area contributed by atoms with Crippen LogP contribution in [0.5, 0.6) is 0 Å². The Bertz CT molecular complexity index is 696. The average Bonchev–Trinajstić information content (AvgIpc) is 3.07. The van der Waals surface area contributed by atoms with Crippen LogP contribution in [-0.4, -0.2) is 26.0 Å². The second kappa shape index (κ2) is 4.60. The van der Waals surface area contributed by atoms with Gasteiger partial charge in [0.05, 0.1) is 5.69 Å². The van der Waals surface area contributed by atoms with E-state index in [1.165, 1.54) is 0 Å². The molecule has 1 aromatic rings. The number of rotatable bonds is 4. The third-order valence-electron chi connectivity index (χ3n) is 3.21. The van der Waals surface area contributed by atoms with Gasteiger partial charge in [0.15, 0.2) is 0 Å². The van der Waals surface area contributed by atoms with Crippen LogP contribution < -0.4 is 16.2 Å². The first-order chi connectivity index (χ1) is 9.48. The maximum atomic E-state index is 12.8. The lowest BCUT2D eigenvalue weighted by Crippen LogP contribution is -2.47. The number of nitrogens with one attached hydrogen (secondary N) is 1. The number of hydrogen-bond donors (Lipinski definition) is 3. The van der Waals surface area contributed by atoms with Crippen LogP contribution in [0.15, 0.2) is 23.1 Å². The van der Waals surface area contributed by atoms with Gasteiger partial charge in [-0.15, -0.1) is 0 Å². The molecule has 0 bridgehead atoms. The Morgan fingerprint density at radius 1 is 1.29 bits per heavy atom. The highest BCUT2D eigenvalue weighted by atomic mass is 32.2. The average molecular weight is 323 g/mol. The number of carbonyl (C=O) groups excluding carboxylic acids is 1. The maximum absolute atomic E-state index is 12.8. The SMILES string of the molecule is NC(=O)c1ccc(S(=O)(=O)NC2(C(F)(F)F)CC2)c(N)c1. The quantitative estimate of drug-likeness (QED) is 0.709. The van der Waals surface area contributed by atoms with Gasteiger partial charge in [-0.1, -0.05) is 0 Å². The lowest BCUT2D eigenvalue weighted by atomic mass is 10.2. The predicted octanol–water partition coefficient (Wildman–Crippen LogP) is 0.741. The van der Waals surface area contributed by atoms with Crippen molar-refractivity contribution in [1.82, 2.24) is 4.72 Å².